The van der Waals surface area contributed by atoms with Crippen molar-refractivity contribution in [1.29, 1.82) is 0 Å². The van der Waals surface area contributed by atoms with E-state index in [0.29, 0.717) is 0 Å². The first-order valence-electron chi connectivity index (χ1n) is 16.2. The summed E-state index contributed by atoms with van der Waals surface area (Å²) in [6.45, 7) is 10.8. The predicted octanol–water partition coefficient (Wildman–Crippen LogP) is 11.4. The zero-order valence-electron chi connectivity index (χ0n) is 28.2. The Morgan fingerprint density at radius 2 is 1.51 bits per heavy atom. The van der Waals surface area contributed by atoms with Gasteiger partial charge in [-0.3, -0.25) is 4.98 Å². The van der Waals surface area contributed by atoms with Gasteiger partial charge in [-0.1, -0.05) is 110 Å². The number of benzene rings is 5. The van der Waals surface area contributed by atoms with Crippen molar-refractivity contribution in [2.45, 2.75) is 39.4 Å². The van der Waals surface area contributed by atoms with Crippen LogP contribution < -0.4 is 5.19 Å². The Morgan fingerprint density at radius 3 is 2.21 bits per heavy atom. The molecule has 0 fully saturated rings. The van der Waals surface area contributed by atoms with Gasteiger partial charge in [-0.05, 0) is 61.4 Å². The van der Waals surface area contributed by atoms with Gasteiger partial charge in [-0.2, -0.15) is 11.3 Å². The van der Waals surface area contributed by atoms with Crippen LogP contribution in [-0.2, 0) is 20.1 Å². The van der Waals surface area contributed by atoms with Gasteiger partial charge in [0.15, 0.2) is 0 Å². The molecular formula is C42H36IrN2SSi-2. The molecule has 3 heterocycles. The van der Waals surface area contributed by atoms with Gasteiger partial charge in [0, 0.05) is 44.3 Å². The molecule has 1 radical (unpaired) electrons. The molecule has 0 saturated heterocycles. The second-order valence-corrected chi connectivity index (χ2v) is 19.1. The number of nitrogens with zero attached hydrogens (tertiary/aromatic N) is 2. The number of hydrogen-bond donors (Lipinski definition) is 0. The molecule has 0 N–H and O–H groups in total. The van der Waals surface area contributed by atoms with Gasteiger partial charge >= 0.3 is 0 Å². The summed E-state index contributed by atoms with van der Waals surface area (Å²) in [6.07, 6.45) is 3.83. The summed E-state index contributed by atoms with van der Waals surface area (Å²) in [7, 11) is -1.23. The fourth-order valence-corrected chi connectivity index (χ4v) is 8.13. The zero-order valence-corrected chi connectivity index (χ0v) is 31.4. The minimum Gasteiger partial charge on any atom is -0.305 e. The van der Waals surface area contributed by atoms with Gasteiger partial charge < -0.3 is 4.98 Å². The van der Waals surface area contributed by atoms with Crippen LogP contribution in [0.25, 0.3) is 64.2 Å². The number of hydrogen-bond acceptors (Lipinski definition) is 3. The summed E-state index contributed by atoms with van der Waals surface area (Å²) in [5.41, 5.74) is 4.92. The van der Waals surface area contributed by atoms with Crippen LogP contribution in [0.4, 0.5) is 0 Å². The maximum Gasteiger partial charge on any atom is 0.0795 e. The van der Waals surface area contributed by atoms with E-state index in [0.717, 1.165) is 33.5 Å². The zero-order chi connectivity index (χ0) is 32.8. The van der Waals surface area contributed by atoms with Crippen molar-refractivity contribution < 1.29 is 21.5 Å². The fraction of sp³-hybridized carbons (Fsp3) is 0.143. The third kappa shape index (κ3) is 6.72. The molecule has 0 aliphatic rings. The molecule has 3 aromatic heterocycles. The Labute approximate surface area is 297 Å². The van der Waals surface area contributed by atoms with Crippen LogP contribution in [-0.4, -0.2) is 18.0 Å². The van der Waals surface area contributed by atoms with Crippen LogP contribution in [0.3, 0.4) is 0 Å². The van der Waals surface area contributed by atoms with Crippen LogP contribution in [0.15, 0.2) is 122 Å². The summed E-state index contributed by atoms with van der Waals surface area (Å²) >= 11 is 1.81. The predicted molar refractivity (Wildman–Crippen MR) is 202 cm³/mol. The van der Waals surface area contributed by atoms with E-state index in [1.165, 1.54) is 41.5 Å². The van der Waals surface area contributed by atoms with E-state index in [1.54, 1.807) is 0 Å². The Hall–Kier alpha value is -3.99. The van der Waals surface area contributed by atoms with Gasteiger partial charge in [-0.15, -0.1) is 53.4 Å². The quantitative estimate of drug-likeness (QED) is 0.131. The Bertz CT molecular complexity index is 2370. The second kappa shape index (κ2) is 13.6. The number of rotatable bonds is 4. The molecule has 0 aliphatic carbocycles. The van der Waals surface area contributed by atoms with Gasteiger partial charge in [0.2, 0.25) is 0 Å². The van der Waals surface area contributed by atoms with E-state index >= 15 is 0 Å². The van der Waals surface area contributed by atoms with Gasteiger partial charge in [0.1, 0.15) is 0 Å². The first kappa shape index (κ1) is 31.6. The molecule has 235 valence electrons. The van der Waals surface area contributed by atoms with Crippen LogP contribution in [0.5, 0.6) is 0 Å². The van der Waals surface area contributed by atoms with Gasteiger partial charge in [0.05, 0.1) is 8.07 Å². The molecule has 0 spiro atoms. The largest absolute Gasteiger partial charge is 0.305 e. The number of thiophene rings is 1. The van der Waals surface area contributed by atoms with Gasteiger partial charge in [0.25, 0.3) is 0 Å². The number of fused-ring (bicyclic) bond motifs is 6. The summed E-state index contributed by atoms with van der Waals surface area (Å²) < 4.78 is 10.9. The Balaban J connectivity index is 0.000000201. The van der Waals surface area contributed by atoms with Crippen LogP contribution in [0.1, 0.15) is 26.7 Å². The average molecular weight is 822 g/mol. The molecule has 0 unspecified atom stereocenters. The second-order valence-electron chi connectivity index (χ2n) is 12.9. The molecule has 8 aromatic rings. The van der Waals surface area contributed by atoms with Gasteiger partial charge in [-0.25, -0.2) is 0 Å². The monoisotopic (exact) mass is 822 g/mol. The molecule has 0 amide bonds. The van der Waals surface area contributed by atoms with E-state index in [9.17, 15) is 0 Å². The molecule has 0 atom stereocenters. The number of aromatic nitrogens is 2. The first-order valence-corrected chi connectivity index (χ1v) is 20.0. The van der Waals surface area contributed by atoms with Crippen molar-refractivity contribution >= 4 is 66.3 Å². The van der Waals surface area contributed by atoms with E-state index in [1.807, 2.05) is 74.0 Å². The molecule has 5 heteroatoms. The summed E-state index contributed by atoms with van der Waals surface area (Å²) in [5, 5.41) is 8.77. The fourth-order valence-electron chi connectivity index (χ4n) is 5.84. The van der Waals surface area contributed by atoms with Crippen LogP contribution in [0.2, 0.25) is 19.6 Å². The van der Waals surface area contributed by atoms with Crippen molar-refractivity contribution in [3.63, 3.8) is 0 Å². The van der Waals surface area contributed by atoms with E-state index < -0.39 is 14.0 Å². The van der Waals surface area contributed by atoms with Crippen molar-refractivity contribution in [2.75, 3.05) is 0 Å². The van der Waals surface area contributed by atoms with Crippen molar-refractivity contribution in [3.05, 3.63) is 139 Å². The van der Waals surface area contributed by atoms with Crippen molar-refractivity contribution in [3.8, 4) is 22.5 Å². The molecule has 0 saturated carbocycles. The van der Waals surface area contributed by atoms with Crippen LogP contribution >= 0.6 is 11.3 Å². The standard InChI is InChI=1S/C28H20NS.C14H16NSi.Ir/c1-17(2)18-11-12-29-25(15-18)23-14-21-9-5-6-10-22(21)27-24-13-19-7-3-4-8-20(19)16-26(24)30-28(23)27;1-16(2,3)13-9-10-14(15-11-13)12-7-5-4-6-8-12;/h3-13,15-17H,1-2H3;4-7,9-11H,1-3H3;/q2*-1;/i17D;;. The average Bonchev–Trinajstić information content (AvgIpc) is 3.45. The summed E-state index contributed by atoms with van der Waals surface area (Å²) in [6, 6.07) is 44.7. The molecule has 8 rings (SSSR count). The van der Waals surface area contributed by atoms with E-state index in [-0.39, 0.29) is 20.1 Å². The van der Waals surface area contributed by atoms with Crippen molar-refractivity contribution in [1.82, 2.24) is 9.97 Å². The Morgan fingerprint density at radius 1 is 0.766 bits per heavy atom. The van der Waals surface area contributed by atoms with E-state index in [4.69, 9.17) is 6.35 Å². The maximum absolute atomic E-state index is 8.46. The SMILES string of the molecule is C[Si](C)(C)c1ccc(-c2[c-]cccc2)nc1.[2H]C(C)(C)c1ccnc(-c2[c-]c3ccccc3c3c2sc2cc4ccccc4cc23)c1.[Ir]. The smallest absolute Gasteiger partial charge is 0.0795 e. The summed E-state index contributed by atoms with van der Waals surface area (Å²) in [5.74, 6) is -0.675. The first-order chi connectivity index (χ1) is 22.6. The van der Waals surface area contributed by atoms with E-state index in [2.05, 4.69) is 110 Å². The minimum atomic E-state index is -1.23. The maximum atomic E-state index is 8.46. The van der Waals surface area contributed by atoms with Crippen LogP contribution in [0, 0.1) is 12.1 Å². The minimum absolute atomic E-state index is 0. The third-order valence-corrected chi connectivity index (χ3v) is 11.6. The summed E-state index contributed by atoms with van der Waals surface area (Å²) in [4.78, 5) is 9.22. The molecule has 2 nitrogen and oxygen atoms in total. The number of pyridine rings is 2. The Kier molecular flexibility index (Phi) is 9.16. The van der Waals surface area contributed by atoms with Crippen molar-refractivity contribution in [2.24, 2.45) is 0 Å². The molecule has 5 aromatic carbocycles. The molecule has 0 aliphatic heterocycles. The topological polar surface area (TPSA) is 25.8 Å². The normalized spacial score (nSPS) is 12.1. The molecule has 0 bridgehead atoms. The third-order valence-electron chi connectivity index (χ3n) is 8.45. The molecule has 47 heavy (non-hydrogen) atoms. The molecular weight excluding hydrogens is 785 g/mol.